The molecule has 0 fully saturated rings. The van der Waals surface area contributed by atoms with E-state index >= 15 is 0 Å². The molecule has 1 aliphatic heterocycles. The van der Waals surface area contributed by atoms with Gasteiger partial charge < -0.3 is 9.80 Å². The summed E-state index contributed by atoms with van der Waals surface area (Å²) in [6.07, 6.45) is 0. The summed E-state index contributed by atoms with van der Waals surface area (Å²) in [4.78, 5) is 14.6. The molecule has 0 amide bonds. The molecule has 0 N–H and O–H groups in total. The Morgan fingerprint density at radius 2 is 1.06 bits per heavy atom. The Morgan fingerprint density at radius 3 is 1.59 bits per heavy atom. The Balaban J connectivity index is 0.00000241. The summed E-state index contributed by atoms with van der Waals surface area (Å²) < 4.78 is 0. The maximum absolute atomic E-state index is 5.21. The predicted octanol–water partition coefficient (Wildman–Crippen LogP) is 7.02. The molecule has 1 aromatic heterocycles. The normalized spacial score (nSPS) is 12.2. The Bertz CT molecular complexity index is 1270. The molecule has 0 bridgehead atoms. The van der Waals surface area contributed by atoms with Crippen molar-refractivity contribution in [2.75, 3.05) is 9.80 Å². The Hall–Kier alpha value is -3.79. The first-order valence-electron chi connectivity index (χ1n) is 10.9. The molecule has 167 valence electrons. The van der Waals surface area contributed by atoms with Gasteiger partial charge in [-0.15, -0.1) is 12.4 Å². The SMILES string of the molecule is [Ir].[c-]1ccccc1N1[CH-]N(c2ccccc2)c2nc(-c3ccccc3)c(-c3ccccc3)nc21. The third-order valence-electron chi connectivity index (χ3n) is 5.63. The summed E-state index contributed by atoms with van der Waals surface area (Å²) >= 11 is 0. The van der Waals surface area contributed by atoms with Crippen LogP contribution in [0, 0.1) is 12.7 Å². The van der Waals surface area contributed by atoms with E-state index < -0.39 is 0 Å². The van der Waals surface area contributed by atoms with Crippen molar-refractivity contribution in [2.24, 2.45) is 0 Å². The molecular formula is C29H20IrN4-2. The first kappa shape index (κ1) is 22.0. The van der Waals surface area contributed by atoms with E-state index in [1.807, 2.05) is 85.5 Å². The van der Waals surface area contributed by atoms with Gasteiger partial charge in [-0.25, -0.2) is 9.97 Å². The second-order valence-corrected chi connectivity index (χ2v) is 7.74. The van der Waals surface area contributed by atoms with Crippen molar-refractivity contribution in [3.63, 3.8) is 0 Å². The number of aromatic nitrogens is 2. The van der Waals surface area contributed by atoms with Crippen LogP contribution in [-0.2, 0) is 20.1 Å². The van der Waals surface area contributed by atoms with Gasteiger partial charge in [0.05, 0.1) is 11.4 Å². The standard InChI is InChI=1S/C29H20N4.Ir/c1-5-13-22(14-6-1)26-27(23-15-7-2-8-16-23)31-29-28(30-26)32(24-17-9-3-10-18-24)21-33(29)25-19-11-4-12-20-25;/h1-19,21H;/q-2;. The minimum Gasteiger partial charge on any atom is -0.477 e. The Morgan fingerprint density at radius 1 is 0.559 bits per heavy atom. The Labute approximate surface area is 212 Å². The van der Waals surface area contributed by atoms with Crippen molar-refractivity contribution >= 4 is 23.0 Å². The average Bonchev–Trinajstić information content (AvgIpc) is 3.29. The first-order chi connectivity index (χ1) is 16.4. The molecular weight excluding hydrogens is 597 g/mol. The molecule has 2 heterocycles. The second kappa shape index (κ2) is 9.60. The summed E-state index contributed by atoms with van der Waals surface area (Å²) in [6, 6.07) is 42.0. The number of para-hydroxylation sites is 2. The van der Waals surface area contributed by atoms with Crippen LogP contribution in [0.1, 0.15) is 0 Å². The van der Waals surface area contributed by atoms with Gasteiger partial charge in [-0.05, 0) is 12.1 Å². The van der Waals surface area contributed by atoms with Crippen LogP contribution in [0.5, 0.6) is 0 Å². The molecule has 4 aromatic carbocycles. The minimum absolute atomic E-state index is 0. The third kappa shape index (κ3) is 4.01. The predicted molar refractivity (Wildman–Crippen MR) is 133 cm³/mol. The number of hydrogen-bond donors (Lipinski definition) is 0. The maximum atomic E-state index is 5.21. The monoisotopic (exact) mass is 617 g/mol. The van der Waals surface area contributed by atoms with Crippen LogP contribution in [0.25, 0.3) is 22.5 Å². The van der Waals surface area contributed by atoms with Crippen LogP contribution in [0.15, 0.2) is 115 Å². The largest absolute Gasteiger partial charge is 0.477 e. The fourth-order valence-electron chi connectivity index (χ4n) is 4.05. The van der Waals surface area contributed by atoms with Crippen LogP contribution < -0.4 is 9.80 Å². The molecule has 4 nitrogen and oxygen atoms in total. The van der Waals surface area contributed by atoms with Gasteiger partial charge in [0.2, 0.25) is 0 Å². The summed E-state index contributed by atoms with van der Waals surface area (Å²) in [6.45, 7) is 2.04. The first-order valence-corrected chi connectivity index (χ1v) is 10.9. The molecule has 0 unspecified atom stereocenters. The molecule has 1 radical (unpaired) electrons. The molecule has 0 saturated heterocycles. The van der Waals surface area contributed by atoms with Crippen LogP contribution in [0.4, 0.5) is 23.0 Å². The van der Waals surface area contributed by atoms with Gasteiger partial charge in [0, 0.05) is 36.9 Å². The van der Waals surface area contributed by atoms with Crippen LogP contribution >= 0.6 is 0 Å². The van der Waals surface area contributed by atoms with E-state index in [9.17, 15) is 0 Å². The van der Waals surface area contributed by atoms with E-state index in [4.69, 9.17) is 9.97 Å². The number of anilines is 4. The summed E-state index contributed by atoms with van der Waals surface area (Å²) in [5.41, 5.74) is 5.71. The van der Waals surface area contributed by atoms with Crippen molar-refractivity contribution < 1.29 is 20.1 Å². The van der Waals surface area contributed by atoms with E-state index in [-0.39, 0.29) is 20.1 Å². The zero-order valence-electron chi connectivity index (χ0n) is 18.2. The smallest absolute Gasteiger partial charge is 0.146 e. The molecule has 0 spiro atoms. The number of rotatable bonds is 4. The zero-order valence-corrected chi connectivity index (χ0v) is 20.6. The molecule has 0 saturated carbocycles. The maximum Gasteiger partial charge on any atom is 0.146 e. The number of benzene rings is 4. The van der Waals surface area contributed by atoms with Crippen LogP contribution in [-0.4, -0.2) is 9.97 Å². The quantitative estimate of drug-likeness (QED) is 0.203. The summed E-state index contributed by atoms with van der Waals surface area (Å²) in [5, 5.41) is 0. The third-order valence-corrected chi connectivity index (χ3v) is 5.63. The molecule has 6 rings (SSSR count). The molecule has 5 aromatic rings. The fraction of sp³-hybridized carbons (Fsp3) is 0. The van der Waals surface area contributed by atoms with E-state index in [1.54, 1.807) is 0 Å². The molecule has 0 aliphatic carbocycles. The van der Waals surface area contributed by atoms with Crippen molar-refractivity contribution in [1.29, 1.82) is 0 Å². The van der Waals surface area contributed by atoms with Gasteiger partial charge in [0.1, 0.15) is 11.6 Å². The van der Waals surface area contributed by atoms with Crippen molar-refractivity contribution in [3.8, 4) is 22.5 Å². The van der Waals surface area contributed by atoms with E-state index in [1.165, 1.54) is 0 Å². The van der Waals surface area contributed by atoms with E-state index in [0.29, 0.717) is 0 Å². The van der Waals surface area contributed by atoms with Crippen LogP contribution in [0.2, 0.25) is 0 Å². The van der Waals surface area contributed by atoms with Crippen LogP contribution in [0.3, 0.4) is 0 Å². The summed E-state index contributed by atoms with van der Waals surface area (Å²) in [7, 11) is 0. The molecule has 0 atom stereocenters. The molecule has 5 heteroatoms. The molecule has 1 aliphatic rings. The minimum atomic E-state index is 0. The number of hydrogen-bond acceptors (Lipinski definition) is 4. The number of fused-ring (bicyclic) bond motifs is 1. The van der Waals surface area contributed by atoms with Gasteiger partial charge in [-0.2, -0.15) is 30.3 Å². The zero-order chi connectivity index (χ0) is 22.0. The van der Waals surface area contributed by atoms with Crippen molar-refractivity contribution in [1.82, 2.24) is 9.97 Å². The number of nitrogens with zero attached hydrogens (tertiary/aromatic N) is 4. The topological polar surface area (TPSA) is 32.3 Å². The van der Waals surface area contributed by atoms with E-state index in [0.717, 1.165) is 45.5 Å². The average molecular weight is 617 g/mol. The van der Waals surface area contributed by atoms with Gasteiger partial charge in [-0.1, -0.05) is 78.9 Å². The van der Waals surface area contributed by atoms with Crippen molar-refractivity contribution in [3.05, 3.63) is 128 Å². The van der Waals surface area contributed by atoms with Crippen molar-refractivity contribution in [2.45, 2.75) is 0 Å². The second-order valence-electron chi connectivity index (χ2n) is 7.74. The van der Waals surface area contributed by atoms with Gasteiger partial charge >= 0.3 is 0 Å². The van der Waals surface area contributed by atoms with E-state index in [2.05, 4.69) is 52.3 Å². The Kier molecular flexibility index (Phi) is 6.22. The van der Waals surface area contributed by atoms with Gasteiger partial charge in [0.25, 0.3) is 0 Å². The molecule has 34 heavy (non-hydrogen) atoms. The summed E-state index contributed by atoms with van der Waals surface area (Å²) in [5.74, 6) is 1.57. The van der Waals surface area contributed by atoms with Gasteiger partial charge in [-0.3, -0.25) is 0 Å². The van der Waals surface area contributed by atoms with Gasteiger partial charge in [0.15, 0.2) is 0 Å². The fourth-order valence-corrected chi connectivity index (χ4v) is 4.05.